The van der Waals surface area contributed by atoms with Crippen LogP contribution in [0.25, 0.3) is 10.8 Å². The van der Waals surface area contributed by atoms with Gasteiger partial charge in [0.15, 0.2) is 5.75 Å². The van der Waals surface area contributed by atoms with Gasteiger partial charge in [0.05, 0.1) is 47.6 Å². The van der Waals surface area contributed by atoms with Crippen molar-refractivity contribution in [3.63, 3.8) is 0 Å². The Morgan fingerprint density at radius 3 is 2.24 bits per heavy atom. The van der Waals surface area contributed by atoms with Gasteiger partial charge in [0.1, 0.15) is 59.3 Å². The number of likely N-dealkylation sites (tertiary alicyclic amines) is 1. The van der Waals surface area contributed by atoms with Crippen LogP contribution in [0.2, 0.25) is 0 Å². The number of rotatable bonds is 15. The Morgan fingerprint density at radius 2 is 1.62 bits per heavy atom. The lowest BCUT2D eigenvalue weighted by molar-refractivity contribution is -0.165. The number of allylic oxidation sites excluding steroid dienone is 2. The van der Waals surface area contributed by atoms with E-state index in [1.807, 2.05) is 0 Å². The van der Waals surface area contributed by atoms with Crippen molar-refractivity contribution >= 4 is 58.6 Å². The number of amides is 1. The first-order valence-corrected chi connectivity index (χ1v) is 26.6. The molecule has 9 atom stereocenters. The fourth-order valence-corrected chi connectivity index (χ4v) is 10.8. The van der Waals surface area contributed by atoms with Crippen molar-refractivity contribution in [1.29, 1.82) is 0 Å². The third-order valence-corrected chi connectivity index (χ3v) is 15.3. The predicted molar refractivity (Wildman–Crippen MR) is 285 cm³/mol. The Balaban J connectivity index is 1.43. The van der Waals surface area contributed by atoms with Crippen LogP contribution in [0.15, 0.2) is 46.1 Å². The second-order valence-corrected chi connectivity index (χ2v) is 21.9. The van der Waals surface area contributed by atoms with E-state index in [9.17, 15) is 48.9 Å². The maximum absolute atomic E-state index is 14.9. The number of aldehydes is 2. The maximum Gasteiger partial charge on any atom is 0.320 e. The van der Waals surface area contributed by atoms with E-state index < -0.39 is 107 Å². The van der Waals surface area contributed by atoms with E-state index in [0.717, 1.165) is 6.54 Å². The first-order chi connectivity index (χ1) is 36.8. The number of anilines is 1. The highest BCUT2D eigenvalue weighted by Crippen LogP contribution is 2.51. The summed E-state index contributed by atoms with van der Waals surface area (Å²) < 4.78 is 35.7. The minimum Gasteiger partial charge on any atom is -0.507 e. The van der Waals surface area contributed by atoms with Crippen LogP contribution in [0.3, 0.4) is 0 Å². The van der Waals surface area contributed by atoms with Crippen molar-refractivity contribution in [2.45, 2.75) is 131 Å². The quantitative estimate of drug-likeness (QED) is 0.0625. The molecule has 4 aliphatic rings. The number of hydrogen-bond donors (Lipinski definition) is 4. The summed E-state index contributed by atoms with van der Waals surface area (Å²) in [6.07, 6.45) is 5.21. The number of likely N-dealkylation sites (N-methyl/N-ethyl adjacent to an activating group) is 1. The first-order valence-electron chi connectivity index (χ1n) is 26.6. The average Bonchev–Trinajstić information content (AvgIpc) is 4.13. The molecule has 1 saturated heterocycles. The summed E-state index contributed by atoms with van der Waals surface area (Å²) in [7, 11) is 3.05. The third kappa shape index (κ3) is 13.3. The number of piperidine rings is 1. The van der Waals surface area contributed by atoms with Gasteiger partial charge >= 0.3 is 23.7 Å². The standard InChI is InChI=1S/C57H77N5O16/c1-30(2)26-62-21-19-57(20-22-62)59-45-42-43-49(69)36(8)53-44(42)54(71)56(10,78-53)75-24-18-39(73-12)33(5)52(76-37(9)65)35(7)48(68)34(6)51(31(3)14-13-15-32(4)55(72)58-47(50(43)70)46(45)60-57)77-41(67)27-61(11)23-25-74-40(66)17-16-38(28-63)29-64/h13-15,18,24,28-31,33-35,38-39,48,51-52,59,68-70H,16-17,19-23,25-27H2,1-12H3/b14-13-,24-18?,32-15?,58-47?. The molecular weight excluding hydrogens is 1010 g/mol. The van der Waals surface area contributed by atoms with E-state index in [0.29, 0.717) is 44.4 Å². The van der Waals surface area contributed by atoms with Gasteiger partial charge in [-0.25, -0.2) is 4.99 Å². The molecule has 6 rings (SSSR count). The van der Waals surface area contributed by atoms with E-state index in [-0.39, 0.29) is 82.2 Å². The van der Waals surface area contributed by atoms with Crippen molar-refractivity contribution in [3.05, 3.63) is 58.0 Å². The number of Topliss-reactive ketones (excluding diaryl/α,β-unsaturated/α-hetero) is 1. The number of methoxy groups -OCH3 is 1. The zero-order valence-corrected chi connectivity index (χ0v) is 46.8. The number of aliphatic hydroxyl groups is 1. The zero-order valence-electron chi connectivity index (χ0n) is 46.8. The van der Waals surface area contributed by atoms with Gasteiger partial charge < -0.3 is 63.5 Å². The summed E-state index contributed by atoms with van der Waals surface area (Å²) in [4.78, 5) is 103. The molecule has 4 aliphatic heterocycles. The second kappa shape index (κ2) is 25.5. The number of ketones is 1. The van der Waals surface area contributed by atoms with Gasteiger partial charge in [-0.2, -0.15) is 0 Å². The van der Waals surface area contributed by atoms with Crippen LogP contribution in [-0.4, -0.2) is 157 Å². The van der Waals surface area contributed by atoms with Gasteiger partial charge in [-0.05, 0) is 39.3 Å². The number of carbonyl (C=O) groups excluding carboxylic acids is 7. The molecule has 1 amide bonds. The molecule has 2 aromatic rings. The summed E-state index contributed by atoms with van der Waals surface area (Å²) in [5.41, 5.74) is -0.382. The smallest absolute Gasteiger partial charge is 0.320 e. The van der Waals surface area contributed by atoms with Crippen molar-refractivity contribution < 1.29 is 77.3 Å². The SMILES string of the molecule is COC1C=COC2(C)Oc3c(C)c(O)c4c(O)c(c5c(c4c3C2=O)NC2(CCN(CC(C)C)CC2)N=5)=NC(=O)C(C)=C/C=C\C(C)C(OC(=O)CN(C)CCOC(=O)CCC(C=O)C=O)C(C)C(O)C(C)C(OC(C)=O)C1C. The number of phenolic OH excluding ortho intramolecular Hbond substituents is 2. The van der Waals surface area contributed by atoms with E-state index in [1.165, 1.54) is 53.2 Å². The number of nitrogens with one attached hydrogen (secondary N) is 1. The van der Waals surface area contributed by atoms with Crippen molar-refractivity contribution in [3.8, 4) is 17.2 Å². The third-order valence-electron chi connectivity index (χ3n) is 15.3. The number of nitrogens with zero attached hydrogens (tertiary/aromatic N) is 4. The number of carbonyl (C=O) groups is 7. The Labute approximate surface area is 454 Å². The van der Waals surface area contributed by atoms with E-state index >= 15 is 0 Å². The topological polar surface area (TPSA) is 279 Å². The van der Waals surface area contributed by atoms with Crippen molar-refractivity contribution in [2.75, 3.05) is 58.8 Å². The molecule has 1 fully saturated rings. The lowest BCUT2D eigenvalue weighted by Crippen LogP contribution is -2.47. The fourth-order valence-electron chi connectivity index (χ4n) is 10.8. The molecule has 78 heavy (non-hydrogen) atoms. The molecule has 2 aromatic carbocycles. The molecule has 21 heteroatoms. The van der Waals surface area contributed by atoms with Gasteiger partial charge in [0.2, 0.25) is 0 Å². The number of aromatic hydroxyl groups is 2. The van der Waals surface area contributed by atoms with Gasteiger partial charge in [-0.15, -0.1) is 0 Å². The number of hydrogen-bond acceptors (Lipinski definition) is 20. The monoisotopic (exact) mass is 1090 g/mol. The van der Waals surface area contributed by atoms with E-state index in [2.05, 4.69) is 29.1 Å². The molecule has 0 aliphatic carbocycles. The first kappa shape index (κ1) is 60.7. The highest BCUT2D eigenvalue weighted by atomic mass is 16.7. The fraction of sp³-hybridized carbons (Fsp3) is 0.596. The number of aliphatic hydroxyl groups excluding tert-OH is 1. The van der Waals surface area contributed by atoms with Crippen LogP contribution in [0.1, 0.15) is 104 Å². The highest BCUT2D eigenvalue weighted by molar-refractivity contribution is 6.21. The molecule has 426 valence electrons. The van der Waals surface area contributed by atoms with E-state index in [1.54, 1.807) is 51.8 Å². The molecule has 4 N–H and O–H groups in total. The number of benzene rings is 2. The number of ether oxygens (including phenoxy) is 6. The highest BCUT2D eigenvalue weighted by Gasteiger charge is 2.51. The summed E-state index contributed by atoms with van der Waals surface area (Å²) >= 11 is 0. The number of phenols is 2. The van der Waals surface area contributed by atoms with Gasteiger partial charge in [-0.3, -0.25) is 33.9 Å². The second-order valence-electron chi connectivity index (χ2n) is 21.9. The van der Waals surface area contributed by atoms with Crippen LogP contribution >= 0.6 is 0 Å². The van der Waals surface area contributed by atoms with Crippen LogP contribution in [0.5, 0.6) is 17.2 Å². The molecule has 9 unspecified atom stereocenters. The minimum absolute atomic E-state index is 0.0140. The largest absolute Gasteiger partial charge is 0.507 e. The Bertz CT molecular complexity index is 2850. The molecule has 0 aromatic heterocycles. The van der Waals surface area contributed by atoms with Gasteiger partial charge in [-0.1, -0.05) is 59.8 Å². The molecule has 0 radical (unpaired) electrons. The Kier molecular flexibility index (Phi) is 19.8. The summed E-state index contributed by atoms with van der Waals surface area (Å²) in [6, 6.07) is 0. The summed E-state index contributed by atoms with van der Waals surface area (Å²) in [6.45, 7) is 18.9. The van der Waals surface area contributed by atoms with Crippen molar-refractivity contribution in [1.82, 2.24) is 9.80 Å². The molecule has 4 heterocycles. The number of fused-ring (bicyclic) bond motifs is 1. The van der Waals surface area contributed by atoms with Crippen LogP contribution in [-0.2, 0) is 52.5 Å². The molecule has 0 saturated carbocycles. The normalized spacial score (nSPS) is 26.9. The maximum atomic E-state index is 14.9. The van der Waals surface area contributed by atoms with E-state index in [4.69, 9.17) is 33.4 Å². The van der Waals surface area contributed by atoms with Crippen LogP contribution < -0.4 is 20.8 Å². The van der Waals surface area contributed by atoms with Crippen LogP contribution in [0.4, 0.5) is 5.69 Å². The van der Waals surface area contributed by atoms with Crippen molar-refractivity contribution in [2.24, 2.45) is 45.5 Å². The van der Waals surface area contributed by atoms with Gasteiger partial charge in [0.25, 0.3) is 11.7 Å². The Morgan fingerprint density at radius 1 is 0.949 bits per heavy atom. The van der Waals surface area contributed by atoms with Gasteiger partial charge in [0, 0.05) is 107 Å². The Hall–Kier alpha value is -6.55. The van der Waals surface area contributed by atoms with Crippen LogP contribution in [0, 0.1) is 42.4 Å². The average molecular weight is 1090 g/mol. The minimum atomic E-state index is -2.02. The lowest BCUT2D eigenvalue weighted by Gasteiger charge is -2.39. The zero-order chi connectivity index (χ0) is 57.6. The lowest BCUT2D eigenvalue weighted by atomic mass is 9.78. The molecule has 4 bridgehead atoms. The molecule has 1 spiro atoms. The molecular formula is C57H77N5O16. The summed E-state index contributed by atoms with van der Waals surface area (Å²) in [5, 5.41) is 39.9. The molecule has 21 nitrogen and oxygen atoms in total. The summed E-state index contributed by atoms with van der Waals surface area (Å²) in [5.74, 6) is -9.77. The number of esters is 3. The predicted octanol–water partition coefficient (Wildman–Crippen LogP) is 4.57.